The second-order valence-corrected chi connectivity index (χ2v) is 7.30. The summed E-state index contributed by atoms with van der Waals surface area (Å²) < 4.78 is 11.6. The summed E-state index contributed by atoms with van der Waals surface area (Å²) in [7, 11) is 3.15. The van der Waals surface area contributed by atoms with Gasteiger partial charge in [0.1, 0.15) is 16.4 Å². The number of carbonyl (C=O) groups is 1. The molecule has 3 rings (SSSR count). The van der Waals surface area contributed by atoms with Crippen LogP contribution in [0.4, 0.5) is 0 Å². The lowest BCUT2D eigenvalue weighted by atomic mass is 10.1. The highest BCUT2D eigenvalue weighted by atomic mass is 35.5. The van der Waals surface area contributed by atoms with Crippen LogP contribution < -0.4 is 9.47 Å². The Morgan fingerprint density at radius 3 is 2.63 bits per heavy atom. The zero-order valence-corrected chi connectivity index (χ0v) is 16.6. The molecule has 0 aliphatic rings. The molecule has 0 radical (unpaired) electrons. The van der Waals surface area contributed by atoms with Crippen molar-refractivity contribution in [2.24, 2.45) is 0 Å². The first kappa shape index (κ1) is 19.5. The van der Waals surface area contributed by atoms with Crippen molar-refractivity contribution in [3.8, 4) is 11.5 Å². The van der Waals surface area contributed by atoms with E-state index in [0.29, 0.717) is 21.4 Å². The van der Waals surface area contributed by atoms with E-state index in [0.717, 1.165) is 15.6 Å². The molecular formula is C20H20ClNO4S. The first-order chi connectivity index (χ1) is 13.1. The largest absolute Gasteiger partial charge is 0.497 e. The zero-order valence-electron chi connectivity index (χ0n) is 15.1. The van der Waals surface area contributed by atoms with Crippen LogP contribution in [0.25, 0.3) is 10.1 Å². The first-order valence-electron chi connectivity index (χ1n) is 8.37. The summed E-state index contributed by atoms with van der Waals surface area (Å²) >= 11 is 7.81. The molecule has 0 atom stereocenters. The molecule has 0 aliphatic heterocycles. The smallest absolute Gasteiger partial charge is 0.265 e. The maximum absolute atomic E-state index is 13.1. The fourth-order valence-corrected chi connectivity index (χ4v) is 4.34. The van der Waals surface area contributed by atoms with Crippen molar-refractivity contribution >= 4 is 38.9 Å². The number of methoxy groups -OCH3 is 2. The number of carbonyl (C=O) groups excluding carboxylic acids is 1. The van der Waals surface area contributed by atoms with E-state index in [-0.39, 0.29) is 25.6 Å². The van der Waals surface area contributed by atoms with E-state index in [9.17, 15) is 9.90 Å². The molecule has 7 heteroatoms. The molecule has 3 aromatic rings. The number of hydrogen-bond donors (Lipinski definition) is 1. The predicted molar refractivity (Wildman–Crippen MR) is 108 cm³/mol. The van der Waals surface area contributed by atoms with Gasteiger partial charge in [-0.3, -0.25) is 4.79 Å². The van der Waals surface area contributed by atoms with Crippen LogP contribution >= 0.6 is 22.9 Å². The minimum Gasteiger partial charge on any atom is -0.497 e. The van der Waals surface area contributed by atoms with Gasteiger partial charge in [-0.15, -0.1) is 11.3 Å². The molecule has 142 valence electrons. The monoisotopic (exact) mass is 405 g/mol. The zero-order chi connectivity index (χ0) is 19.4. The molecule has 0 spiro atoms. The van der Waals surface area contributed by atoms with Crippen molar-refractivity contribution in [2.45, 2.75) is 6.54 Å². The van der Waals surface area contributed by atoms with Crippen LogP contribution in [0, 0.1) is 0 Å². The standard InChI is InChI=1S/C20H20ClNO4S/c1-25-14-8-7-13(16(11-14)26-2)12-22(9-10-23)20(24)19-18(21)15-5-3-4-6-17(15)27-19/h3-8,11,23H,9-10,12H2,1-2H3. The highest BCUT2D eigenvalue weighted by molar-refractivity contribution is 7.21. The summed E-state index contributed by atoms with van der Waals surface area (Å²) in [6.45, 7) is 0.336. The Hall–Kier alpha value is -2.28. The molecule has 0 bridgehead atoms. The van der Waals surface area contributed by atoms with E-state index in [1.807, 2.05) is 36.4 Å². The van der Waals surface area contributed by atoms with Crippen LogP contribution in [-0.4, -0.2) is 43.3 Å². The number of ether oxygens (including phenoxy) is 2. The summed E-state index contributed by atoms with van der Waals surface area (Å²) in [5, 5.41) is 10.8. The molecular weight excluding hydrogens is 386 g/mol. The number of nitrogens with zero attached hydrogens (tertiary/aromatic N) is 1. The Kier molecular flexibility index (Phi) is 6.21. The lowest BCUT2D eigenvalue weighted by molar-refractivity contribution is 0.0711. The average molecular weight is 406 g/mol. The van der Waals surface area contributed by atoms with E-state index < -0.39 is 0 Å². The molecule has 1 amide bonds. The number of amides is 1. The quantitative estimate of drug-likeness (QED) is 0.639. The molecule has 0 aliphatic carbocycles. The third kappa shape index (κ3) is 4.03. The van der Waals surface area contributed by atoms with Gasteiger partial charge in [-0.05, 0) is 18.2 Å². The van der Waals surface area contributed by atoms with Crippen molar-refractivity contribution in [3.63, 3.8) is 0 Å². The molecule has 0 saturated carbocycles. The normalized spacial score (nSPS) is 10.8. The molecule has 0 fully saturated rings. The second-order valence-electron chi connectivity index (χ2n) is 5.87. The van der Waals surface area contributed by atoms with Gasteiger partial charge in [-0.25, -0.2) is 0 Å². The molecule has 1 heterocycles. The van der Waals surface area contributed by atoms with Gasteiger partial charge in [-0.1, -0.05) is 29.8 Å². The van der Waals surface area contributed by atoms with Gasteiger partial charge in [0.15, 0.2) is 0 Å². The van der Waals surface area contributed by atoms with Gasteiger partial charge < -0.3 is 19.5 Å². The molecule has 0 unspecified atom stereocenters. The third-order valence-corrected chi connectivity index (χ3v) is 5.91. The van der Waals surface area contributed by atoms with Gasteiger partial charge in [0.25, 0.3) is 5.91 Å². The fraction of sp³-hybridized carbons (Fsp3) is 0.250. The highest BCUT2D eigenvalue weighted by Gasteiger charge is 2.23. The average Bonchev–Trinajstić information content (AvgIpc) is 3.04. The number of hydrogen-bond acceptors (Lipinski definition) is 5. The number of halogens is 1. The van der Waals surface area contributed by atoms with Crippen LogP contribution in [0.1, 0.15) is 15.2 Å². The van der Waals surface area contributed by atoms with Crippen molar-refractivity contribution in [1.82, 2.24) is 4.90 Å². The van der Waals surface area contributed by atoms with Crippen molar-refractivity contribution < 1.29 is 19.4 Å². The number of rotatable bonds is 7. The van der Waals surface area contributed by atoms with Gasteiger partial charge in [0.05, 0.1) is 25.8 Å². The predicted octanol–water partition coefficient (Wildman–Crippen LogP) is 4.21. The number of fused-ring (bicyclic) bond motifs is 1. The topological polar surface area (TPSA) is 59.0 Å². The Morgan fingerprint density at radius 1 is 1.19 bits per heavy atom. The van der Waals surface area contributed by atoms with Crippen molar-refractivity contribution in [1.29, 1.82) is 0 Å². The third-order valence-electron chi connectivity index (χ3n) is 4.24. The number of aliphatic hydroxyl groups excluding tert-OH is 1. The van der Waals surface area contributed by atoms with E-state index in [2.05, 4.69) is 0 Å². The second kappa shape index (κ2) is 8.61. The minimum absolute atomic E-state index is 0.146. The first-order valence-corrected chi connectivity index (χ1v) is 9.56. The van der Waals surface area contributed by atoms with E-state index in [4.69, 9.17) is 21.1 Å². The van der Waals surface area contributed by atoms with Crippen LogP contribution in [0.5, 0.6) is 11.5 Å². The van der Waals surface area contributed by atoms with E-state index in [1.165, 1.54) is 11.3 Å². The number of benzene rings is 2. The summed E-state index contributed by atoms with van der Waals surface area (Å²) in [6.07, 6.45) is 0. The van der Waals surface area contributed by atoms with E-state index in [1.54, 1.807) is 25.2 Å². The van der Waals surface area contributed by atoms with E-state index >= 15 is 0 Å². The highest BCUT2D eigenvalue weighted by Crippen LogP contribution is 2.36. The molecule has 27 heavy (non-hydrogen) atoms. The van der Waals surface area contributed by atoms with Gasteiger partial charge in [0.2, 0.25) is 0 Å². The van der Waals surface area contributed by atoms with Gasteiger partial charge in [0, 0.05) is 34.8 Å². The molecule has 1 aromatic heterocycles. The van der Waals surface area contributed by atoms with Gasteiger partial charge in [-0.2, -0.15) is 0 Å². The summed E-state index contributed by atoms with van der Waals surface area (Å²) in [4.78, 5) is 15.2. The van der Waals surface area contributed by atoms with Crippen LogP contribution in [0.2, 0.25) is 5.02 Å². The molecule has 5 nitrogen and oxygen atoms in total. The van der Waals surface area contributed by atoms with Crippen LogP contribution in [-0.2, 0) is 6.54 Å². The number of thiophene rings is 1. The Balaban J connectivity index is 1.93. The lowest BCUT2D eigenvalue weighted by Crippen LogP contribution is -2.32. The maximum Gasteiger partial charge on any atom is 0.265 e. The van der Waals surface area contributed by atoms with Crippen LogP contribution in [0.3, 0.4) is 0 Å². The minimum atomic E-state index is -0.215. The molecule has 0 saturated heterocycles. The summed E-state index contributed by atoms with van der Waals surface area (Å²) in [6, 6.07) is 13.1. The Labute approximate surface area is 166 Å². The summed E-state index contributed by atoms with van der Waals surface area (Å²) in [5.41, 5.74) is 0.817. The van der Waals surface area contributed by atoms with Crippen molar-refractivity contribution in [3.05, 3.63) is 57.9 Å². The Bertz CT molecular complexity index is 956. The molecule has 1 N–H and O–H groups in total. The Morgan fingerprint density at radius 2 is 1.96 bits per heavy atom. The SMILES string of the molecule is COc1ccc(CN(CCO)C(=O)c2sc3ccccc3c2Cl)c(OC)c1. The van der Waals surface area contributed by atoms with Gasteiger partial charge >= 0.3 is 0 Å². The summed E-state index contributed by atoms with van der Waals surface area (Å²) in [5.74, 6) is 1.07. The maximum atomic E-state index is 13.1. The lowest BCUT2D eigenvalue weighted by Gasteiger charge is -2.23. The molecule has 2 aromatic carbocycles. The van der Waals surface area contributed by atoms with Crippen LogP contribution in [0.15, 0.2) is 42.5 Å². The number of aliphatic hydroxyl groups is 1. The fourth-order valence-electron chi connectivity index (χ4n) is 2.86. The van der Waals surface area contributed by atoms with Crippen molar-refractivity contribution in [2.75, 3.05) is 27.4 Å².